The molecule has 0 saturated carbocycles. The van der Waals surface area contributed by atoms with Crippen LogP contribution in [-0.2, 0) is 6.42 Å². The summed E-state index contributed by atoms with van der Waals surface area (Å²) in [6.07, 6.45) is 5.53. The molecule has 1 unspecified atom stereocenters. The summed E-state index contributed by atoms with van der Waals surface area (Å²) in [4.78, 5) is 24.2. The Bertz CT molecular complexity index is 585. The Morgan fingerprint density at radius 1 is 1.47 bits per heavy atom. The van der Waals surface area contributed by atoms with Crippen LogP contribution >= 0.6 is 11.3 Å². The molecule has 100 valence electrons. The third-order valence-electron chi connectivity index (χ3n) is 2.51. The van der Waals surface area contributed by atoms with E-state index in [9.17, 15) is 4.79 Å². The zero-order valence-corrected chi connectivity index (χ0v) is 11.4. The number of thiazole rings is 1. The maximum atomic E-state index is 10.8. The van der Waals surface area contributed by atoms with Gasteiger partial charge in [-0.15, -0.1) is 11.3 Å². The molecule has 6 nitrogen and oxygen atoms in total. The molecule has 0 aliphatic rings. The number of anilines is 1. The predicted molar refractivity (Wildman–Crippen MR) is 72.5 cm³/mol. The van der Waals surface area contributed by atoms with Gasteiger partial charge in [-0.25, -0.2) is 14.8 Å². The lowest BCUT2D eigenvalue weighted by atomic mass is 10.3. The number of aryl methyl sites for hydroxylation is 1. The summed E-state index contributed by atoms with van der Waals surface area (Å²) in [5.74, 6) is -0.660. The molecule has 1 atom stereocenters. The van der Waals surface area contributed by atoms with Crippen molar-refractivity contribution in [1.29, 1.82) is 0 Å². The van der Waals surface area contributed by atoms with E-state index in [4.69, 9.17) is 5.11 Å². The maximum Gasteiger partial charge on any atom is 0.356 e. The van der Waals surface area contributed by atoms with E-state index in [2.05, 4.69) is 27.2 Å². The molecule has 0 amide bonds. The second-order valence-electron chi connectivity index (χ2n) is 3.98. The van der Waals surface area contributed by atoms with Gasteiger partial charge in [-0.05, 0) is 13.3 Å². The Labute approximate surface area is 114 Å². The molecule has 7 heteroatoms. The van der Waals surface area contributed by atoms with Crippen LogP contribution in [0.15, 0.2) is 18.6 Å². The number of nitrogens with zero attached hydrogens (tertiary/aromatic N) is 3. The summed E-state index contributed by atoms with van der Waals surface area (Å²) in [5, 5.41) is 12.9. The molecular weight excluding hydrogens is 264 g/mol. The molecule has 2 aromatic heterocycles. The van der Waals surface area contributed by atoms with E-state index in [-0.39, 0.29) is 11.7 Å². The second kappa shape index (κ2) is 5.75. The van der Waals surface area contributed by atoms with Crippen LogP contribution in [0.3, 0.4) is 0 Å². The average Bonchev–Trinajstić information content (AvgIpc) is 2.88. The van der Waals surface area contributed by atoms with Crippen LogP contribution in [0, 0.1) is 0 Å². The number of hydrogen-bond acceptors (Lipinski definition) is 6. The fourth-order valence-electron chi connectivity index (χ4n) is 1.51. The lowest BCUT2D eigenvalue weighted by Gasteiger charge is -2.11. The highest BCUT2D eigenvalue weighted by Gasteiger charge is 2.12. The number of rotatable bonds is 5. The minimum atomic E-state index is -1.09. The third-order valence-corrected chi connectivity index (χ3v) is 3.83. The van der Waals surface area contributed by atoms with Crippen molar-refractivity contribution in [3.8, 4) is 0 Å². The molecule has 0 fully saturated rings. The molecule has 0 spiro atoms. The Balaban J connectivity index is 2.12. The number of aromatic nitrogens is 3. The number of nitrogens with one attached hydrogen (secondary N) is 1. The second-order valence-corrected chi connectivity index (χ2v) is 5.13. The first-order valence-corrected chi connectivity index (χ1v) is 6.68. The Morgan fingerprint density at radius 2 is 2.26 bits per heavy atom. The van der Waals surface area contributed by atoms with Crippen molar-refractivity contribution in [2.24, 2.45) is 0 Å². The lowest BCUT2D eigenvalue weighted by Crippen LogP contribution is -2.10. The highest BCUT2D eigenvalue weighted by Crippen LogP contribution is 2.23. The van der Waals surface area contributed by atoms with Gasteiger partial charge in [0.15, 0.2) is 5.69 Å². The van der Waals surface area contributed by atoms with E-state index in [0.29, 0.717) is 5.82 Å². The van der Waals surface area contributed by atoms with E-state index < -0.39 is 5.97 Å². The van der Waals surface area contributed by atoms with E-state index >= 15 is 0 Å². The first kappa shape index (κ1) is 13.4. The Hall–Kier alpha value is -2.02. The summed E-state index contributed by atoms with van der Waals surface area (Å²) in [7, 11) is 0. The number of aromatic carboxylic acids is 1. The fraction of sp³-hybridized carbons (Fsp3) is 0.333. The monoisotopic (exact) mass is 278 g/mol. The molecule has 0 bridgehead atoms. The lowest BCUT2D eigenvalue weighted by molar-refractivity contribution is 0.0690. The topological polar surface area (TPSA) is 88.0 Å². The quantitative estimate of drug-likeness (QED) is 0.873. The number of hydrogen-bond donors (Lipinski definition) is 2. The number of carbonyl (C=O) groups is 1. The van der Waals surface area contributed by atoms with Crippen molar-refractivity contribution in [2.75, 3.05) is 5.32 Å². The third kappa shape index (κ3) is 3.25. The summed E-state index contributed by atoms with van der Waals surface area (Å²) in [5.41, 5.74) is -0.0782. The van der Waals surface area contributed by atoms with Crippen LogP contribution in [0.1, 0.15) is 40.3 Å². The van der Waals surface area contributed by atoms with Crippen molar-refractivity contribution >= 4 is 23.1 Å². The first-order chi connectivity index (χ1) is 9.10. The zero-order valence-electron chi connectivity index (χ0n) is 10.6. The van der Waals surface area contributed by atoms with Crippen LogP contribution < -0.4 is 5.32 Å². The molecule has 19 heavy (non-hydrogen) atoms. The molecular formula is C12H14N4O2S. The normalized spacial score (nSPS) is 12.1. The molecule has 2 rings (SSSR count). The summed E-state index contributed by atoms with van der Waals surface area (Å²) >= 11 is 1.63. The van der Waals surface area contributed by atoms with Crippen LogP contribution in [0.4, 0.5) is 5.82 Å². The minimum Gasteiger partial charge on any atom is -0.476 e. The molecule has 2 heterocycles. The van der Waals surface area contributed by atoms with Gasteiger partial charge in [0.2, 0.25) is 0 Å². The van der Waals surface area contributed by atoms with Gasteiger partial charge >= 0.3 is 5.97 Å². The summed E-state index contributed by atoms with van der Waals surface area (Å²) < 4.78 is 0. The van der Waals surface area contributed by atoms with E-state index in [0.717, 1.165) is 11.4 Å². The SMILES string of the molecule is CCc1cnc(C(C)Nc2cncc(C(=O)O)n2)s1. The van der Waals surface area contributed by atoms with E-state index in [1.165, 1.54) is 17.3 Å². The zero-order chi connectivity index (χ0) is 13.8. The number of carboxylic acid groups (broad SMARTS) is 1. The number of carboxylic acids is 1. The molecule has 2 N–H and O–H groups in total. The Kier molecular flexibility index (Phi) is 4.06. The minimum absolute atomic E-state index is 0.0383. The highest BCUT2D eigenvalue weighted by molar-refractivity contribution is 7.11. The van der Waals surface area contributed by atoms with Gasteiger partial charge in [-0.3, -0.25) is 4.98 Å². The van der Waals surface area contributed by atoms with Crippen molar-refractivity contribution in [1.82, 2.24) is 15.0 Å². The van der Waals surface area contributed by atoms with Crippen molar-refractivity contribution in [2.45, 2.75) is 26.3 Å². The van der Waals surface area contributed by atoms with E-state index in [1.807, 2.05) is 13.1 Å². The first-order valence-electron chi connectivity index (χ1n) is 5.86. The molecule has 2 aromatic rings. The van der Waals surface area contributed by atoms with Gasteiger partial charge in [-0.2, -0.15) is 0 Å². The largest absolute Gasteiger partial charge is 0.476 e. The van der Waals surface area contributed by atoms with Gasteiger partial charge < -0.3 is 10.4 Å². The van der Waals surface area contributed by atoms with Crippen molar-refractivity contribution in [3.05, 3.63) is 34.2 Å². The van der Waals surface area contributed by atoms with Gasteiger partial charge in [0.05, 0.1) is 18.4 Å². The molecule has 0 saturated heterocycles. The van der Waals surface area contributed by atoms with Crippen LogP contribution in [0.25, 0.3) is 0 Å². The van der Waals surface area contributed by atoms with Crippen LogP contribution in [0.5, 0.6) is 0 Å². The molecule has 0 aromatic carbocycles. The van der Waals surface area contributed by atoms with Crippen molar-refractivity contribution < 1.29 is 9.90 Å². The van der Waals surface area contributed by atoms with E-state index in [1.54, 1.807) is 11.3 Å². The van der Waals surface area contributed by atoms with Gasteiger partial charge in [-0.1, -0.05) is 6.92 Å². The van der Waals surface area contributed by atoms with Crippen molar-refractivity contribution in [3.63, 3.8) is 0 Å². The van der Waals surface area contributed by atoms with Gasteiger partial charge in [0.1, 0.15) is 10.8 Å². The average molecular weight is 278 g/mol. The maximum absolute atomic E-state index is 10.8. The fourth-order valence-corrected chi connectivity index (χ4v) is 2.37. The summed E-state index contributed by atoms with van der Waals surface area (Å²) in [6.45, 7) is 4.03. The molecule has 0 aliphatic carbocycles. The Morgan fingerprint density at radius 3 is 2.89 bits per heavy atom. The summed E-state index contributed by atoms with van der Waals surface area (Å²) in [6, 6.07) is -0.0383. The highest BCUT2D eigenvalue weighted by atomic mass is 32.1. The van der Waals surface area contributed by atoms with Gasteiger partial charge in [0, 0.05) is 11.1 Å². The predicted octanol–water partition coefficient (Wildman–Crippen LogP) is 2.37. The molecule has 0 radical (unpaired) electrons. The van der Waals surface area contributed by atoms with Crippen LogP contribution in [-0.4, -0.2) is 26.0 Å². The van der Waals surface area contributed by atoms with Crippen LogP contribution in [0.2, 0.25) is 0 Å². The standard InChI is InChI=1S/C12H14N4O2S/c1-3-8-4-14-11(19-8)7(2)15-10-6-13-5-9(16-10)12(17)18/h4-7H,3H2,1-2H3,(H,15,16)(H,17,18). The van der Waals surface area contributed by atoms with Gasteiger partial charge in [0.25, 0.3) is 0 Å². The molecule has 0 aliphatic heterocycles. The smallest absolute Gasteiger partial charge is 0.356 e.